The van der Waals surface area contributed by atoms with Gasteiger partial charge in [0.25, 0.3) is 0 Å². The first-order valence-electron chi connectivity index (χ1n) is 6.41. The van der Waals surface area contributed by atoms with Crippen LogP contribution in [-0.2, 0) is 0 Å². The summed E-state index contributed by atoms with van der Waals surface area (Å²) in [4.78, 5) is 15.9. The summed E-state index contributed by atoms with van der Waals surface area (Å²) < 4.78 is 0. The molecule has 0 aliphatic carbocycles. The van der Waals surface area contributed by atoms with Crippen LogP contribution in [0.2, 0.25) is 0 Å². The molecule has 0 radical (unpaired) electrons. The zero-order chi connectivity index (χ0) is 14.5. The summed E-state index contributed by atoms with van der Waals surface area (Å²) in [6, 6.07) is 2.96. The molecule has 1 aromatic rings. The van der Waals surface area contributed by atoms with Crippen LogP contribution >= 0.6 is 0 Å². The van der Waals surface area contributed by atoms with Crippen molar-refractivity contribution >= 4 is 11.7 Å². The fourth-order valence-corrected chi connectivity index (χ4v) is 1.88. The highest BCUT2D eigenvalue weighted by Crippen LogP contribution is 2.20. The van der Waals surface area contributed by atoms with Crippen LogP contribution in [0.25, 0.3) is 0 Å². The average Bonchev–Trinajstić information content (AvgIpc) is 2.26. The summed E-state index contributed by atoms with van der Waals surface area (Å²) in [6.07, 6.45) is 2.36. The number of aliphatic hydroxyl groups excluding tert-OH is 1. The fourth-order valence-electron chi connectivity index (χ4n) is 1.88. The van der Waals surface area contributed by atoms with Crippen molar-refractivity contribution in [2.24, 2.45) is 5.41 Å². The van der Waals surface area contributed by atoms with E-state index in [1.54, 1.807) is 18.3 Å². The molecule has 0 aromatic carbocycles. The lowest BCUT2D eigenvalue weighted by Gasteiger charge is -2.25. The maximum absolute atomic E-state index is 11.8. The van der Waals surface area contributed by atoms with Gasteiger partial charge in [-0.2, -0.15) is 0 Å². The highest BCUT2D eigenvalue weighted by molar-refractivity contribution is 5.89. The number of rotatable bonds is 4. The Kier molecular flexibility index (Phi) is 5.30. The zero-order valence-corrected chi connectivity index (χ0v) is 12.0. The van der Waals surface area contributed by atoms with Crippen LogP contribution in [0.4, 0.5) is 10.5 Å². The first-order chi connectivity index (χ1) is 8.80. The SMILES string of the molecule is Cc1cc(NC(=O)NC(CO)CC(C)(C)C)ccn1. The molecular formula is C14H23N3O2. The van der Waals surface area contributed by atoms with Crippen LogP contribution in [0.1, 0.15) is 32.9 Å². The Labute approximate surface area is 114 Å². The average molecular weight is 265 g/mol. The second kappa shape index (κ2) is 6.52. The van der Waals surface area contributed by atoms with Gasteiger partial charge in [0.15, 0.2) is 0 Å². The third-order valence-electron chi connectivity index (χ3n) is 2.57. The number of urea groups is 1. The Morgan fingerprint density at radius 3 is 2.68 bits per heavy atom. The number of hydrogen-bond donors (Lipinski definition) is 3. The summed E-state index contributed by atoms with van der Waals surface area (Å²) in [5, 5.41) is 14.8. The summed E-state index contributed by atoms with van der Waals surface area (Å²) in [5.41, 5.74) is 1.58. The van der Waals surface area contributed by atoms with E-state index in [0.29, 0.717) is 12.1 Å². The first kappa shape index (κ1) is 15.4. The molecule has 19 heavy (non-hydrogen) atoms. The van der Waals surface area contributed by atoms with E-state index in [0.717, 1.165) is 5.69 Å². The maximum atomic E-state index is 11.8. The van der Waals surface area contributed by atoms with Crippen LogP contribution in [0.3, 0.4) is 0 Å². The first-order valence-corrected chi connectivity index (χ1v) is 6.41. The molecule has 0 aliphatic rings. The van der Waals surface area contributed by atoms with Crippen LogP contribution in [0.15, 0.2) is 18.3 Å². The van der Waals surface area contributed by atoms with Crippen molar-refractivity contribution in [2.75, 3.05) is 11.9 Å². The quantitative estimate of drug-likeness (QED) is 0.782. The standard InChI is InChI=1S/C14H23N3O2/c1-10-7-11(5-6-15-10)16-13(19)17-12(9-18)8-14(2,3)4/h5-7,12,18H,8-9H2,1-4H3,(H2,15,16,17,19). The predicted octanol–water partition coefficient (Wildman–Crippen LogP) is 2.31. The number of amides is 2. The van der Waals surface area contributed by atoms with Crippen molar-refractivity contribution in [3.8, 4) is 0 Å². The number of aromatic nitrogens is 1. The number of pyridine rings is 1. The van der Waals surface area contributed by atoms with Gasteiger partial charge in [0.2, 0.25) is 0 Å². The van der Waals surface area contributed by atoms with E-state index in [4.69, 9.17) is 0 Å². The van der Waals surface area contributed by atoms with Crippen LogP contribution in [0, 0.1) is 12.3 Å². The van der Waals surface area contributed by atoms with Gasteiger partial charge >= 0.3 is 6.03 Å². The van der Waals surface area contributed by atoms with Gasteiger partial charge in [-0.05, 0) is 30.9 Å². The lowest BCUT2D eigenvalue weighted by Crippen LogP contribution is -2.42. The molecule has 1 atom stereocenters. The molecule has 0 spiro atoms. The largest absolute Gasteiger partial charge is 0.394 e. The number of anilines is 1. The van der Waals surface area contributed by atoms with Crippen LogP contribution < -0.4 is 10.6 Å². The van der Waals surface area contributed by atoms with Gasteiger partial charge < -0.3 is 15.7 Å². The predicted molar refractivity (Wildman–Crippen MR) is 76.1 cm³/mol. The fraction of sp³-hybridized carbons (Fsp3) is 0.571. The van der Waals surface area contributed by atoms with Crippen LogP contribution in [-0.4, -0.2) is 28.8 Å². The van der Waals surface area contributed by atoms with Gasteiger partial charge in [0.05, 0.1) is 12.6 Å². The molecule has 0 aliphatic heterocycles. The van der Waals surface area contributed by atoms with Gasteiger partial charge in [0.1, 0.15) is 0 Å². The third kappa shape index (κ3) is 6.20. The van der Waals surface area contributed by atoms with E-state index >= 15 is 0 Å². The van der Waals surface area contributed by atoms with E-state index in [1.165, 1.54) is 0 Å². The molecule has 106 valence electrons. The van der Waals surface area contributed by atoms with E-state index in [9.17, 15) is 9.90 Å². The minimum absolute atomic E-state index is 0.0495. The Morgan fingerprint density at radius 2 is 2.16 bits per heavy atom. The van der Waals surface area contributed by atoms with Crippen molar-refractivity contribution in [2.45, 2.75) is 40.2 Å². The molecule has 5 nitrogen and oxygen atoms in total. The summed E-state index contributed by atoms with van der Waals surface area (Å²) in [6.45, 7) is 8.00. The van der Waals surface area contributed by atoms with E-state index < -0.39 is 0 Å². The molecule has 1 heterocycles. The molecule has 3 N–H and O–H groups in total. The molecule has 5 heteroatoms. The Bertz CT molecular complexity index is 427. The smallest absolute Gasteiger partial charge is 0.319 e. The van der Waals surface area contributed by atoms with Crippen molar-refractivity contribution in [1.29, 1.82) is 0 Å². The highest BCUT2D eigenvalue weighted by atomic mass is 16.3. The molecule has 0 saturated carbocycles. The monoisotopic (exact) mass is 265 g/mol. The molecule has 0 bridgehead atoms. The summed E-state index contributed by atoms with van der Waals surface area (Å²) in [5.74, 6) is 0. The topological polar surface area (TPSA) is 74.2 Å². The van der Waals surface area contributed by atoms with Gasteiger partial charge in [-0.15, -0.1) is 0 Å². The number of aliphatic hydroxyl groups is 1. The molecule has 1 rings (SSSR count). The summed E-state index contributed by atoms with van der Waals surface area (Å²) >= 11 is 0. The van der Waals surface area contributed by atoms with Gasteiger partial charge in [-0.1, -0.05) is 20.8 Å². The summed E-state index contributed by atoms with van der Waals surface area (Å²) in [7, 11) is 0. The minimum Gasteiger partial charge on any atom is -0.394 e. The van der Waals surface area contributed by atoms with Gasteiger partial charge in [0, 0.05) is 17.6 Å². The van der Waals surface area contributed by atoms with E-state index in [1.807, 2.05) is 6.92 Å². The van der Waals surface area contributed by atoms with E-state index in [2.05, 4.69) is 36.4 Å². The molecule has 2 amide bonds. The molecular weight excluding hydrogens is 242 g/mol. The van der Waals surface area contributed by atoms with Gasteiger partial charge in [-0.25, -0.2) is 4.79 Å². The number of aryl methyl sites for hydroxylation is 1. The zero-order valence-electron chi connectivity index (χ0n) is 12.0. The second-order valence-corrected chi connectivity index (χ2v) is 5.93. The maximum Gasteiger partial charge on any atom is 0.319 e. The lowest BCUT2D eigenvalue weighted by molar-refractivity contribution is 0.196. The normalized spacial score (nSPS) is 12.9. The number of carbonyl (C=O) groups excluding carboxylic acids is 1. The lowest BCUT2D eigenvalue weighted by atomic mass is 9.88. The highest BCUT2D eigenvalue weighted by Gasteiger charge is 2.19. The Morgan fingerprint density at radius 1 is 1.47 bits per heavy atom. The number of hydrogen-bond acceptors (Lipinski definition) is 3. The van der Waals surface area contributed by atoms with Crippen LogP contribution in [0.5, 0.6) is 0 Å². The van der Waals surface area contributed by atoms with Crippen molar-refractivity contribution < 1.29 is 9.90 Å². The van der Waals surface area contributed by atoms with E-state index in [-0.39, 0.29) is 24.1 Å². The van der Waals surface area contributed by atoms with Gasteiger partial charge in [-0.3, -0.25) is 4.98 Å². The second-order valence-electron chi connectivity index (χ2n) is 5.93. The number of nitrogens with one attached hydrogen (secondary N) is 2. The number of carbonyl (C=O) groups is 1. The minimum atomic E-state index is -0.311. The Hall–Kier alpha value is -1.62. The molecule has 1 unspecified atom stereocenters. The number of nitrogens with zero attached hydrogens (tertiary/aromatic N) is 1. The molecule has 1 aromatic heterocycles. The van der Waals surface area contributed by atoms with Crippen molar-refractivity contribution in [1.82, 2.24) is 10.3 Å². The third-order valence-corrected chi connectivity index (χ3v) is 2.57. The Balaban J connectivity index is 2.54. The molecule has 0 fully saturated rings. The van der Waals surface area contributed by atoms with Crippen molar-refractivity contribution in [3.05, 3.63) is 24.0 Å². The molecule has 0 saturated heterocycles. The van der Waals surface area contributed by atoms with Crippen molar-refractivity contribution in [3.63, 3.8) is 0 Å².